The van der Waals surface area contributed by atoms with E-state index in [1.807, 2.05) is 0 Å². The second-order valence-corrected chi connectivity index (χ2v) is 6.93. The molecule has 0 aromatic rings. The molecule has 18 heavy (non-hydrogen) atoms. The fraction of sp³-hybridized carbons (Fsp3) is 0.889. The lowest BCUT2D eigenvalue weighted by atomic mass is 9.81. The molecule has 0 heterocycles. The second-order valence-electron chi connectivity index (χ2n) is 6.93. The van der Waals surface area contributed by atoms with Gasteiger partial charge in [0.05, 0.1) is 0 Å². The molecule has 3 unspecified atom stereocenters. The molecule has 0 saturated carbocycles. The number of rotatable bonds is 10. The minimum absolute atomic E-state index is 0.844. The van der Waals surface area contributed by atoms with Gasteiger partial charge >= 0.3 is 0 Å². The maximum Gasteiger partial charge on any atom is -0.0323 e. The van der Waals surface area contributed by atoms with Crippen LogP contribution in [0.3, 0.4) is 0 Å². The van der Waals surface area contributed by atoms with E-state index in [2.05, 4.69) is 48.1 Å². The summed E-state index contributed by atoms with van der Waals surface area (Å²) < 4.78 is 0. The van der Waals surface area contributed by atoms with Crippen LogP contribution in [-0.2, 0) is 0 Å². The first-order valence-corrected chi connectivity index (χ1v) is 8.01. The molecular weight excluding hydrogens is 216 g/mol. The Kier molecular flexibility index (Phi) is 9.50. The average molecular weight is 252 g/mol. The van der Waals surface area contributed by atoms with Gasteiger partial charge in [0.1, 0.15) is 0 Å². The van der Waals surface area contributed by atoms with Crippen LogP contribution in [0, 0.1) is 23.7 Å². The van der Waals surface area contributed by atoms with Gasteiger partial charge in [-0.1, -0.05) is 59.5 Å². The molecule has 0 aliphatic heterocycles. The van der Waals surface area contributed by atoms with Crippen molar-refractivity contribution in [2.24, 2.45) is 23.7 Å². The zero-order chi connectivity index (χ0) is 14.1. The second kappa shape index (κ2) is 9.64. The summed E-state index contributed by atoms with van der Waals surface area (Å²) in [4.78, 5) is 0. The van der Waals surface area contributed by atoms with Gasteiger partial charge in [-0.3, -0.25) is 0 Å². The van der Waals surface area contributed by atoms with Gasteiger partial charge in [-0.2, -0.15) is 0 Å². The predicted octanol–water partition coefficient (Wildman–Crippen LogP) is 6.47. The Bertz CT molecular complexity index is 214. The van der Waals surface area contributed by atoms with E-state index in [0.29, 0.717) is 0 Å². The van der Waals surface area contributed by atoms with Crippen molar-refractivity contribution in [1.29, 1.82) is 0 Å². The summed E-state index contributed by atoms with van der Waals surface area (Å²) >= 11 is 0. The van der Waals surface area contributed by atoms with Crippen LogP contribution in [-0.4, -0.2) is 0 Å². The highest BCUT2D eigenvalue weighted by Crippen LogP contribution is 2.29. The molecule has 0 bridgehead atoms. The first-order valence-electron chi connectivity index (χ1n) is 8.01. The molecule has 0 fully saturated rings. The van der Waals surface area contributed by atoms with Gasteiger partial charge in [-0.15, -0.1) is 6.58 Å². The normalized spacial score (nSPS) is 16.6. The van der Waals surface area contributed by atoms with E-state index in [1.165, 1.54) is 44.1 Å². The van der Waals surface area contributed by atoms with Gasteiger partial charge < -0.3 is 0 Å². The van der Waals surface area contributed by atoms with Crippen molar-refractivity contribution in [2.75, 3.05) is 0 Å². The van der Waals surface area contributed by atoms with Gasteiger partial charge in [0.25, 0.3) is 0 Å². The Morgan fingerprint density at radius 3 is 2.00 bits per heavy atom. The van der Waals surface area contributed by atoms with Crippen molar-refractivity contribution in [3.8, 4) is 0 Å². The molecule has 0 radical (unpaired) electrons. The highest BCUT2D eigenvalue weighted by molar-refractivity contribution is 4.88. The maximum absolute atomic E-state index is 4.05. The van der Waals surface area contributed by atoms with Crippen LogP contribution < -0.4 is 0 Å². The largest absolute Gasteiger partial charge is 0.100 e. The summed E-state index contributed by atoms with van der Waals surface area (Å²) in [5.41, 5.74) is 1.35. The van der Waals surface area contributed by atoms with Crippen molar-refractivity contribution in [2.45, 2.75) is 80.1 Å². The van der Waals surface area contributed by atoms with E-state index in [9.17, 15) is 0 Å². The number of hydrogen-bond acceptors (Lipinski definition) is 0. The summed E-state index contributed by atoms with van der Waals surface area (Å²) in [6, 6.07) is 0. The molecule has 0 aromatic heterocycles. The van der Waals surface area contributed by atoms with Gasteiger partial charge in [0.2, 0.25) is 0 Å². The molecule has 3 atom stereocenters. The lowest BCUT2D eigenvalue weighted by Gasteiger charge is -2.25. The molecule has 0 aliphatic carbocycles. The van der Waals surface area contributed by atoms with Crippen molar-refractivity contribution in [3.05, 3.63) is 12.2 Å². The predicted molar refractivity (Wildman–Crippen MR) is 84.8 cm³/mol. The lowest BCUT2D eigenvalue weighted by molar-refractivity contribution is 0.267. The molecule has 0 spiro atoms. The molecule has 108 valence electrons. The molecule has 0 saturated heterocycles. The third-order valence-corrected chi connectivity index (χ3v) is 4.45. The van der Waals surface area contributed by atoms with Crippen LogP contribution in [0.15, 0.2) is 12.2 Å². The van der Waals surface area contributed by atoms with Gasteiger partial charge in [-0.25, -0.2) is 0 Å². The standard InChI is InChI=1S/C18H36/c1-8-16(6)17(7)13-18(11-9-14(2)3)12-10-15(4)5/h15-18H,2,8-13H2,1,3-7H3. The summed E-state index contributed by atoms with van der Waals surface area (Å²) in [6.45, 7) is 18.1. The molecule has 0 N–H and O–H groups in total. The number of hydrogen-bond donors (Lipinski definition) is 0. The fourth-order valence-corrected chi connectivity index (χ4v) is 2.56. The molecule has 0 aromatic carbocycles. The van der Waals surface area contributed by atoms with E-state index in [1.54, 1.807) is 0 Å². The zero-order valence-electron chi connectivity index (χ0n) is 13.8. The van der Waals surface area contributed by atoms with E-state index in [0.717, 1.165) is 23.7 Å². The topological polar surface area (TPSA) is 0 Å². The minimum atomic E-state index is 0.844. The molecule has 0 amide bonds. The molecule has 0 heteroatoms. The average Bonchev–Trinajstić information content (AvgIpc) is 2.30. The molecule has 0 aliphatic rings. The first kappa shape index (κ1) is 17.7. The van der Waals surface area contributed by atoms with Crippen LogP contribution in [0.5, 0.6) is 0 Å². The van der Waals surface area contributed by atoms with Crippen molar-refractivity contribution < 1.29 is 0 Å². The van der Waals surface area contributed by atoms with Gasteiger partial charge in [0.15, 0.2) is 0 Å². The smallest absolute Gasteiger partial charge is 0.0323 e. The van der Waals surface area contributed by atoms with E-state index >= 15 is 0 Å². The molecule has 0 rings (SSSR count). The monoisotopic (exact) mass is 252 g/mol. The third-order valence-electron chi connectivity index (χ3n) is 4.45. The SMILES string of the molecule is C=C(C)CCC(CCC(C)C)CC(C)C(C)CC. The van der Waals surface area contributed by atoms with Crippen molar-refractivity contribution in [3.63, 3.8) is 0 Å². The maximum atomic E-state index is 4.05. The van der Waals surface area contributed by atoms with Gasteiger partial charge in [-0.05, 0) is 49.9 Å². The number of allylic oxidation sites excluding steroid dienone is 1. The highest BCUT2D eigenvalue weighted by Gasteiger charge is 2.17. The van der Waals surface area contributed by atoms with Crippen LogP contribution in [0.25, 0.3) is 0 Å². The Morgan fingerprint density at radius 2 is 1.56 bits per heavy atom. The van der Waals surface area contributed by atoms with E-state index < -0.39 is 0 Å². The van der Waals surface area contributed by atoms with E-state index in [-0.39, 0.29) is 0 Å². The van der Waals surface area contributed by atoms with Crippen LogP contribution in [0.4, 0.5) is 0 Å². The summed E-state index contributed by atoms with van der Waals surface area (Å²) in [6.07, 6.45) is 8.09. The fourth-order valence-electron chi connectivity index (χ4n) is 2.56. The van der Waals surface area contributed by atoms with Crippen molar-refractivity contribution in [1.82, 2.24) is 0 Å². The molecular formula is C18H36. The summed E-state index contributed by atoms with van der Waals surface area (Å²) in [5.74, 6) is 3.50. The Morgan fingerprint density at radius 1 is 0.944 bits per heavy atom. The Balaban J connectivity index is 4.22. The highest BCUT2D eigenvalue weighted by atomic mass is 14.2. The van der Waals surface area contributed by atoms with E-state index in [4.69, 9.17) is 0 Å². The quantitative estimate of drug-likeness (QED) is 0.391. The zero-order valence-corrected chi connectivity index (χ0v) is 13.8. The summed E-state index contributed by atoms with van der Waals surface area (Å²) in [7, 11) is 0. The Labute approximate surface area is 116 Å². The minimum Gasteiger partial charge on any atom is -0.100 e. The first-order chi connectivity index (χ1) is 8.36. The van der Waals surface area contributed by atoms with Crippen LogP contribution >= 0.6 is 0 Å². The third kappa shape index (κ3) is 8.78. The molecule has 0 nitrogen and oxygen atoms in total. The summed E-state index contributed by atoms with van der Waals surface area (Å²) in [5, 5.41) is 0. The van der Waals surface area contributed by atoms with Crippen LogP contribution in [0.1, 0.15) is 80.1 Å². The van der Waals surface area contributed by atoms with Crippen LogP contribution in [0.2, 0.25) is 0 Å². The van der Waals surface area contributed by atoms with Crippen molar-refractivity contribution >= 4 is 0 Å². The lowest BCUT2D eigenvalue weighted by Crippen LogP contribution is -2.14. The Hall–Kier alpha value is -0.260. The van der Waals surface area contributed by atoms with Gasteiger partial charge in [0, 0.05) is 0 Å².